The van der Waals surface area contributed by atoms with Gasteiger partial charge < -0.3 is 4.57 Å². The maximum absolute atomic E-state index is 4.58. The second kappa shape index (κ2) is 12.1. The van der Waals surface area contributed by atoms with Gasteiger partial charge >= 0.3 is 0 Å². The summed E-state index contributed by atoms with van der Waals surface area (Å²) in [5.74, 6) is 0.395. The predicted octanol–water partition coefficient (Wildman–Crippen LogP) is 14.1. The molecule has 0 radical (unpaired) electrons. The number of rotatable bonds is 4. The lowest BCUT2D eigenvalue weighted by Gasteiger charge is -2.24. The zero-order valence-corrected chi connectivity index (χ0v) is 29.9. The summed E-state index contributed by atoms with van der Waals surface area (Å²) in [7, 11) is 0. The lowest BCUT2D eigenvalue weighted by molar-refractivity contribution is 0.510. The Kier molecular flexibility index (Phi) is 6.93. The fourth-order valence-corrected chi connectivity index (χ4v) is 9.26. The van der Waals surface area contributed by atoms with E-state index in [4.69, 9.17) is 0 Å². The van der Waals surface area contributed by atoms with E-state index < -0.39 is 0 Å². The van der Waals surface area contributed by atoms with E-state index >= 15 is 0 Å². The molecule has 0 saturated carbocycles. The average Bonchev–Trinajstić information content (AvgIpc) is 3.56. The molecule has 2 heteroatoms. The van der Waals surface area contributed by atoms with Crippen LogP contribution >= 0.6 is 0 Å². The standard InChI is InChI=1S/C52H36N2/c1-33-12-2-11-21-48(33)54-49-27-24-36(31-46(49)47-32-53-29-28-50(47)54)38-25-26-45(40-16-6-5-15-39(38)40)52-43-19-9-7-17-41(43)51(42-18-8-10-20-44(42)52)37-23-22-34-13-3-4-14-35(34)30-37/h2-33,48H,1H3. The van der Waals surface area contributed by atoms with Crippen molar-refractivity contribution in [3.05, 3.63) is 188 Å². The van der Waals surface area contributed by atoms with Crippen molar-refractivity contribution in [2.24, 2.45) is 5.92 Å². The highest BCUT2D eigenvalue weighted by Crippen LogP contribution is 2.47. The lowest BCUT2D eigenvalue weighted by atomic mass is 9.83. The highest BCUT2D eigenvalue weighted by Gasteiger charge is 2.23. The molecule has 2 unspecified atom stereocenters. The molecule has 254 valence electrons. The topological polar surface area (TPSA) is 17.8 Å². The molecule has 2 heterocycles. The van der Waals surface area contributed by atoms with Crippen molar-refractivity contribution in [3.8, 4) is 33.4 Å². The van der Waals surface area contributed by atoms with Crippen molar-refractivity contribution in [2.45, 2.75) is 13.0 Å². The van der Waals surface area contributed by atoms with Gasteiger partial charge in [-0.1, -0.05) is 159 Å². The van der Waals surface area contributed by atoms with Gasteiger partial charge in [0.1, 0.15) is 0 Å². The number of pyridine rings is 1. The first kappa shape index (κ1) is 30.8. The Morgan fingerprint density at radius 1 is 0.444 bits per heavy atom. The third-order valence-electron chi connectivity index (χ3n) is 11.7. The highest BCUT2D eigenvalue weighted by molar-refractivity contribution is 6.24. The van der Waals surface area contributed by atoms with E-state index in [2.05, 4.69) is 192 Å². The SMILES string of the molecule is CC1C=CC=CC1n1c2ccncc2c2cc(-c3ccc(-c4c5ccccc5c(-c5ccc6ccccc6c5)c5ccccc45)c4ccccc34)ccc21. The smallest absolute Gasteiger partial charge is 0.0585 e. The summed E-state index contributed by atoms with van der Waals surface area (Å²) in [6, 6.07) is 56.5. The van der Waals surface area contributed by atoms with Crippen LogP contribution in [-0.2, 0) is 0 Å². The molecule has 11 rings (SSSR count). The third-order valence-corrected chi connectivity index (χ3v) is 11.7. The van der Waals surface area contributed by atoms with Gasteiger partial charge in [-0.2, -0.15) is 0 Å². The minimum absolute atomic E-state index is 0.251. The molecule has 0 saturated heterocycles. The fourth-order valence-electron chi connectivity index (χ4n) is 9.26. The summed E-state index contributed by atoms with van der Waals surface area (Å²) in [6.45, 7) is 2.30. The minimum Gasteiger partial charge on any atom is -0.333 e. The zero-order valence-electron chi connectivity index (χ0n) is 29.9. The molecule has 0 N–H and O–H groups in total. The van der Waals surface area contributed by atoms with Gasteiger partial charge in [-0.05, 0) is 107 Å². The summed E-state index contributed by atoms with van der Waals surface area (Å²) in [5.41, 5.74) is 9.96. The van der Waals surface area contributed by atoms with Gasteiger partial charge in [0.25, 0.3) is 0 Å². The van der Waals surface area contributed by atoms with Crippen molar-refractivity contribution < 1.29 is 0 Å². The number of hydrogen-bond donors (Lipinski definition) is 0. The molecular weight excluding hydrogens is 653 g/mol. The molecule has 0 bridgehead atoms. The van der Waals surface area contributed by atoms with Crippen molar-refractivity contribution in [1.29, 1.82) is 0 Å². The van der Waals surface area contributed by atoms with Crippen molar-refractivity contribution in [1.82, 2.24) is 9.55 Å². The van der Waals surface area contributed by atoms with Gasteiger partial charge in [0.2, 0.25) is 0 Å². The van der Waals surface area contributed by atoms with Crippen LogP contribution in [0.1, 0.15) is 13.0 Å². The molecule has 1 aliphatic rings. The number of aromatic nitrogens is 2. The Balaban J connectivity index is 1.13. The summed E-state index contributed by atoms with van der Waals surface area (Å²) in [6.07, 6.45) is 12.9. The summed E-state index contributed by atoms with van der Waals surface area (Å²) >= 11 is 0. The number of fused-ring (bicyclic) bond motifs is 7. The quantitative estimate of drug-likeness (QED) is 0.168. The molecule has 10 aromatic rings. The Morgan fingerprint density at radius 3 is 1.78 bits per heavy atom. The minimum atomic E-state index is 0.251. The Labute approximate surface area is 314 Å². The first-order chi connectivity index (χ1) is 26.7. The Bertz CT molecular complexity index is 3140. The molecule has 0 spiro atoms. The van der Waals surface area contributed by atoms with E-state index in [1.807, 2.05) is 12.4 Å². The van der Waals surface area contributed by atoms with Crippen LogP contribution in [0.25, 0.3) is 98.3 Å². The Morgan fingerprint density at radius 2 is 1.04 bits per heavy atom. The van der Waals surface area contributed by atoms with E-state index in [0.717, 1.165) is 0 Å². The maximum atomic E-state index is 4.58. The third kappa shape index (κ3) is 4.63. The number of allylic oxidation sites excluding steroid dienone is 4. The van der Waals surface area contributed by atoms with Gasteiger partial charge in [-0.15, -0.1) is 0 Å². The fraction of sp³-hybridized carbons (Fsp3) is 0.0577. The van der Waals surface area contributed by atoms with Crippen molar-refractivity contribution in [3.63, 3.8) is 0 Å². The number of benzene rings is 8. The molecule has 0 fully saturated rings. The van der Waals surface area contributed by atoms with Crippen LogP contribution in [-0.4, -0.2) is 9.55 Å². The molecular formula is C52H36N2. The van der Waals surface area contributed by atoms with Crippen LogP contribution in [0, 0.1) is 5.92 Å². The van der Waals surface area contributed by atoms with Crippen molar-refractivity contribution >= 4 is 64.9 Å². The summed E-state index contributed by atoms with van der Waals surface area (Å²) in [4.78, 5) is 4.58. The lowest BCUT2D eigenvalue weighted by Crippen LogP contribution is -2.15. The molecule has 1 aliphatic carbocycles. The molecule has 54 heavy (non-hydrogen) atoms. The molecule has 8 aromatic carbocycles. The number of nitrogens with zero attached hydrogens (tertiary/aromatic N) is 2. The van der Waals surface area contributed by atoms with E-state index in [0.29, 0.717) is 5.92 Å². The Hall–Kier alpha value is -6.77. The van der Waals surface area contributed by atoms with Crippen LogP contribution in [0.2, 0.25) is 0 Å². The van der Waals surface area contributed by atoms with Gasteiger partial charge in [-0.25, -0.2) is 0 Å². The van der Waals surface area contributed by atoms with E-state index in [1.165, 1.54) is 98.3 Å². The average molecular weight is 689 g/mol. The monoisotopic (exact) mass is 688 g/mol. The highest BCUT2D eigenvalue weighted by atomic mass is 15.0. The summed E-state index contributed by atoms with van der Waals surface area (Å²) in [5, 5.41) is 12.5. The summed E-state index contributed by atoms with van der Waals surface area (Å²) < 4.78 is 2.50. The van der Waals surface area contributed by atoms with E-state index in [9.17, 15) is 0 Å². The van der Waals surface area contributed by atoms with Gasteiger partial charge in [-0.3, -0.25) is 4.98 Å². The van der Waals surface area contributed by atoms with Crippen LogP contribution in [0.15, 0.2) is 188 Å². The second-order valence-corrected chi connectivity index (χ2v) is 14.7. The zero-order chi connectivity index (χ0) is 35.8. The molecule has 2 atom stereocenters. The first-order valence-electron chi connectivity index (χ1n) is 18.9. The van der Waals surface area contributed by atoms with E-state index in [1.54, 1.807) is 0 Å². The van der Waals surface area contributed by atoms with Gasteiger partial charge in [0.05, 0.1) is 11.6 Å². The van der Waals surface area contributed by atoms with Crippen LogP contribution in [0.3, 0.4) is 0 Å². The normalized spacial score (nSPS) is 15.7. The molecule has 0 amide bonds. The molecule has 2 aromatic heterocycles. The van der Waals surface area contributed by atoms with Crippen LogP contribution < -0.4 is 0 Å². The van der Waals surface area contributed by atoms with Gasteiger partial charge in [0.15, 0.2) is 0 Å². The van der Waals surface area contributed by atoms with Crippen LogP contribution in [0.4, 0.5) is 0 Å². The second-order valence-electron chi connectivity index (χ2n) is 14.7. The maximum Gasteiger partial charge on any atom is 0.0585 e. The molecule has 2 nitrogen and oxygen atoms in total. The predicted molar refractivity (Wildman–Crippen MR) is 230 cm³/mol. The van der Waals surface area contributed by atoms with Gasteiger partial charge in [0, 0.05) is 28.7 Å². The largest absolute Gasteiger partial charge is 0.333 e. The number of hydrogen-bond acceptors (Lipinski definition) is 1. The first-order valence-corrected chi connectivity index (χ1v) is 18.9. The van der Waals surface area contributed by atoms with Crippen molar-refractivity contribution in [2.75, 3.05) is 0 Å². The molecule has 0 aliphatic heterocycles. The van der Waals surface area contributed by atoms with E-state index in [-0.39, 0.29) is 6.04 Å². The van der Waals surface area contributed by atoms with Crippen LogP contribution in [0.5, 0.6) is 0 Å².